The Morgan fingerprint density at radius 1 is 1.23 bits per heavy atom. The first-order valence-electron chi connectivity index (χ1n) is 7.61. The van der Waals surface area contributed by atoms with Gasteiger partial charge in [0.15, 0.2) is 0 Å². The molecule has 1 N–H and O–H groups in total. The summed E-state index contributed by atoms with van der Waals surface area (Å²) >= 11 is 1.40. The number of hydrogen-bond donors (Lipinski definition) is 1. The van der Waals surface area contributed by atoms with Crippen LogP contribution in [0.5, 0.6) is 5.75 Å². The van der Waals surface area contributed by atoms with E-state index in [2.05, 4.69) is 22.4 Å². The zero-order valence-corrected chi connectivity index (χ0v) is 13.8. The fourth-order valence-electron chi connectivity index (χ4n) is 2.86. The number of methoxy groups -OCH3 is 1. The van der Waals surface area contributed by atoms with Crippen molar-refractivity contribution in [1.29, 1.82) is 0 Å². The van der Waals surface area contributed by atoms with Crippen LogP contribution < -0.4 is 10.1 Å². The number of nitrogens with one attached hydrogen (secondary N) is 1. The third-order valence-electron chi connectivity index (χ3n) is 4.01. The maximum Gasteiger partial charge on any atom is 0.267 e. The van der Waals surface area contributed by atoms with E-state index in [4.69, 9.17) is 4.74 Å². The van der Waals surface area contributed by atoms with Crippen LogP contribution in [-0.4, -0.2) is 18.0 Å². The summed E-state index contributed by atoms with van der Waals surface area (Å²) in [4.78, 5) is 17.1. The zero-order chi connectivity index (χ0) is 15.5. The Morgan fingerprint density at radius 3 is 2.59 bits per heavy atom. The van der Waals surface area contributed by atoms with Crippen LogP contribution in [0.25, 0.3) is 0 Å². The Labute approximate surface area is 134 Å². The quantitative estimate of drug-likeness (QED) is 0.871. The number of carbonyl (C=O) groups excluding carboxylic acids is 1. The molecule has 1 aromatic carbocycles. The number of nitrogens with zero attached hydrogens (tertiary/aromatic N) is 1. The summed E-state index contributed by atoms with van der Waals surface area (Å²) in [7, 11) is 1.64. The molecule has 0 saturated carbocycles. The Hall–Kier alpha value is -1.88. The highest BCUT2D eigenvalue weighted by Gasteiger charge is 2.16. The summed E-state index contributed by atoms with van der Waals surface area (Å²) < 4.78 is 5.47. The first-order chi connectivity index (χ1) is 10.7. The lowest BCUT2D eigenvalue weighted by Crippen LogP contribution is -2.12. The van der Waals surface area contributed by atoms with E-state index in [9.17, 15) is 4.79 Å². The van der Waals surface area contributed by atoms with Crippen molar-refractivity contribution in [2.24, 2.45) is 0 Å². The molecule has 1 aliphatic rings. The van der Waals surface area contributed by atoms with Crippen molar-refractivity contribution in [1.82, 2.24) is 4.98 Å². The highest BCUT2D eigenvalue weighted by Crippen LogP contribution is 2.32. The van der Waals surface area contributed by atoms with Gasteiger partial charge in [0, 0.05) is 0 Å². The minimum atomic E-state index is -0.127. The minimum Gasteiger partial charge on any atom is -0.495 e. The molecule has 0 saturated heterocycles. The van der Waals surface area contributed by atoms with E-state index in [1.54, 1.807) is 13.3 Å². The maximum absolute atomic E-state index is 12.3. The molecule has 0 fully saturated rings. The topological polar surface area (TPSA) is 51.2 Å². The number of carbonyl (C=O) groups is 1. The molecule has 116 valence electrons. The fourth-order valence-corrected chi connectivity index (χ4v) is 3.53. The van der Waals surface area contributed by atoms with Gasteiger partial charge in [-0.3, -0.25) is 4.79 Å². The monoisotopic (exact) mass is 316 g/mol. The molecule has 1 aliphatic carbocycles. The summed E-state index contributed by atoms with van der Waals surface area (Å²) in [5.74, 6) is 0.604. The zero-order valence-electron chi connectivity index (χ0n) is 12.9. The van der Waals surface area contributed by atoms with E-state index in [-0.39, 0.29) is 5.91 Å². The lowest BCUT2D eigenvalue weighted by atomic mass is 10.0. The van der Waals surface area contributed by atoms with Crippen molar-refractivity contribution in [2.45, 2.75) is 39.0 Å². The average molecular weight is 316 g/mol. The smallest absolute Gasteiger partial charge is 0.267 e. The summed E-state index contributed by atoms with van der Waals surface area (Å²) in [6, 6.07) is 4.15. The van der Waals surface area contributed by atoms with E-state index >= 15 is 0 Å². The van der Waals surface area contributed by atoms with Gasteiger partial charge < -0.3 is 10.1 Å². The number of aryl methyl sites for hydroxylation is 3. The molecule has 4 nitrogen and oxygen atoms in total. The molecule has 0 spiro atoms. The molecule has 0 aliphatic heterocycles. The van der Waals surface area contributed by atoms with Gasteiger partial charge in [-0.2, -0.15) is 0 Å². The fraction of sp³-hybridized carbons (Fsp3) is 0.412. The van der Waals surface area contributed by atoms with Crippen LogP contribution in [-0.2, 0) is 12.8 Å². The van der Waals surface area contributed by atoms with Gasteiger partial charge in [0.2, 0.25) is 0 Å². The molecule has 0 radical (unpaired) electrons. The van der Waals surface area contributed by atoms with Gasteiger partial charge in [0.05, 0.1) is 24.0 Å². The normalized spacial score (nSPS) is 14.1. The number of aromatic nitrogens is 1. The van der Waals surface area contributed by atoms with Crippen molar-refractivity contribution in [3.8, 4) is 5.75 Å². The molecular weight excluding hydrogens is 296 g/mol. The maximum atomic E-state index is 12.3. The van der Waals surface area contributed by atoms with E-state index in [1.807, 2.05) is 6.92 Å². The molecule has 5 heteroatoms. The first-order valence-corrected chi connectivity index (χ1v) is 8.42. The van der Waals surface area contributed by atoms with Crippen LogP contribution in [0.4, 0.5) is 5.69 Å². The van der Waals surface area contributed by atoms with Crippen LogP contribution in [0.2, 0.25) is 0 Å². The van der Waals surface area contributed by atoms with Gasteiger partial charge in [-0.1, -0.05) is 6.42 Å². The van der Waals surface area contributed by atoms with Crippen molar-refractivity contribution in [3.63, 3.8) is 0 Å². The van der Waals surface area contributed by atoms with Gasteiger partial charge >= 0.3 is 0 Å². The molecule has 0 unspecified atom stereocenters. The number of ether oxygens (including phenoxy) is 1. The van der Waals surface area contributed by atoms with Crippen LogP contribution in [0.1, 0.15) is 45.1 Å². The molecule has 1 aromatic heterocycles. The molecule has 1 heterocycles. The number of amides is 1. The minimum absolute atomic E-state index is 0.127. The molecule has 1 amide bonds. The van der Waals surface area contributed by atoms with E-state index in [0.717, 1.165) is 29.3 Å². The predicted molar refractivity (Wildman–Crippen MR) is 89.1 cm³/mol. The number of fused-ring (bicyclic) bond motifs is 1. The van der Waals surface area contributed by atoms with Gasteiger partial charge in [0.1, 0.15) is 10.6 Å². The number of anilines is 1. The van der Waals surface area contributed by atoms with Crippen LogP contribution in [0.15, 0.2) is 18.3 Å². The van der Waals surface area contributed by atoms with Gasteiger partial charge in [-0.25, -0.2) is 4.98 Å². The molecule has 3 rings (SSSR count). The Balaban J connectivity index is 1.89. The standard InChI is InChI=1S/C17H20N2O2S/c1-11-18-10-16(22-11)17(20)19-14-8-12-6-4-3-5-7-13(12)9-15(14)21-2/h8-10H,3-7H2,1-2H3,(H,19,20). The molecule has 0 atom stereocenters. The lowest BCUT2D eigenvalue weighted by Gasteiger charge is -2.14. The molecule has 2 aromatic rings. The predicted octanol–water partition coefficient (Wildman–Crippen LogP) is 3.98. The Kier molecular flexibility index (Phi) is 4.43. The average Bonchev–Trinajstić information content (AvgIpc) is 2.82. The number of rotatable bonds is 3. The van der Waals surface area contributed by atoms with Gasteiger partial charge in [-0.05, 0) is 55.9 Å². The largest absolute Gasteiger partial charge is 0.495 e. The summed E-state index contributed by atoms with van der Waals surface area (Å²) in [6.45, 7) is 1.89. The van der Waals surface area contributed by atoms with Crippen molar-refractivity contribution in [2.75, 3.05) is 12.4 Å². The van der Waals surface area contributed by atoms with Crippen LogP contribution >= 0.6 is 11.3 Å². The second-order valence-corrected chi connectivity index (χ2v) is 6.81. The van der Waals surface area contributed by atoms with E-state index < -0.39 is 0 Å². The molecule has 0 bridgehead atoms. The molecular formula is C17H20N2O2S. The summed E-state index contributed by atoms with van der Waals surface area (Å²) in [5.41, 5.74) is 3.43. The molecule has 22 heavy (non-hydrogen) atoms. The number of thiazole rings is 1. The highest BCUT2D eigenvalue weighted by molar-refractivity contribution is 7.13. The third-order valence-corrected chi connectivity index (χ3v) is 4.92. The van der Waals surface area contributed by atoms with Gasteiger partial charge in [0.25, 0.3) is 5.91 Å². The lowest BCUT2D eigenvalue weighted by molar-refractivity contribution is 0.103. The second-order valence-electron chi connectivity index (χ2n) is 5.58. The first kappa shape index (κ1) is 15.0. The second kappa shape index (κ2) is 6.48. The van der Waals surface area contributed by atoms with E-state index in [0.29, 0.717) is 4.88 Å². The van der Waals surface area contributed by atoms with Crippen molar-refractivity contribution >= 4 is 22.9 Å². The Bertz CT molecular complexity index is 694. The number of hydrogen-bond acceptors (Lipinski definition) is 4. The van der Waals surface area contributed by atoms with E-state index in [1.165, 1.54) is 41.7 Å². The van der Waals surface area contributed by atoms with Crippen LogP contribution in [0, 0.1) is 6.92 Å². The Morgan fingerprint density at radius 2 is 1.95 bits per heavy atom. The SMILES string of the molecule is COc1cc2c(cc1NC(=O)c1cnc(C)s1)CCCCC2. The number of benzene rings is 1. The van der Waals surface area contributed by atoms with Crippen LogP contribution in [0.3, 0.4) is 0 Å². The summed E-state index contributed by atoms with van der Waals surface area (Å²) in [6.07, 6.45) is 7.47. The summed E-state index contributed by atoms with van der Waals surface area (Å²) in [5, 5.41) is 3.86. The van der Waals surface area contributed by atoms with Crippen molar-refractivity contribution in [3.05, 3.63) is 39.3 Å². The highest BCUT2D eigenvalue weighted by atomic mass is 32.1. The van der Waals surface area contributed by atoms with Gasteiger partial charge in [-0.15, -0.1) is 11.3 Å². The van der Waals surface area contributed by atoms with Crippen molar-refractivity contribution < 1.29 is 9.53 Å². The third kappa shape index (κ3) is 3.14.